The number of nitrogens with one attached hydrogen (secondary N) is 2. The summed E-state index contributed by atoms with van der Waals surface area (Å²) in [4.78, 5) is 8.99. The van der Waals surface area contributed by atoms with Gasteiger partial charge in [0.2, 0.25) is 0 Å². The quantitative estimate of drug-likeness (QED) is 0.200. The molecular weight excluding hydrogens is 473 g/mol. The Morgan fingerprint density at radius 2 is 1.96 bits per heavy atom. The van der Waals surface area contributed by atoms with E-state index in [1.807, 2.05) is 20.8 Å². The fraction of sp³-hybridized carbons (Fsp3) is 0.947. The van der Waals surface area contributed by atoms with Gasteiger partial charge in [0.15, 0.2) is 5.96 Å². The molecule has 0 spiro atoms. The van der Waals surface area contributed by atoms with Crippen LogP contribution in [-0.4, -0.2) is 112 Å². The highest BCUT2D eigenvalue weighted by Crippen LogP contribution is 2.09. The van der Waals surface area contributed by atoms with Crippen molar-refractivity contribution in [1.29, 1.82) is 0 Å². The smallest absolute Gasteiger partial charge is 0.191 e. The van der Waals surface area contributed by atoms with Gasteiger partial charge in [-0.3, -0.25) is 9.89 Å². The van der Waals surface area contributed by atoms with Crippen LogP contribution in [0.5, 0.6) is 0 Å². The van der Waals surface area contributed by atoms with E-state index >= 15 is 0 Å². The number of guanidine groups is 1. The van der Waals surface area contributed by atoms with Crippen LogP contribution in [0.15, 0.2) is 4.99 Å². The van der Waals surface area contributed by atoms with Crippen LogP contribution in [0.1, 0.15) is 27.2 Å². The van der Waals surface area contributed by atoms with Crippen molar-refractivity contribution in [3.8, 4) is 0 Å². The van der Waals surface area contributed by atoms with E-state index in [-0.39, 0.29) is 30.1 Å². The predicted molar refractivity (Wildman–Crippen MR) is 126 cm³/mol. The molecule has 1 aliphatic rings. The van der Waals surface area contributed by atoms with Crippen LogP contribution in [-0.2, 0) is 9.47 Å². The summed E-state index contributed by atoms with van der Waals surface area (Å²) in [5.74, 6) is 0.717. The van der Waals surface area contributed by atoms with Crippen LogP contribution < -0.4 is 10.6 Å². The molecule has 1 aliphatic heterocycles. The summed E-state index contributed by atoms with van der Waals surface area (Å²) >= 11 is 0. The number of morpholine rings is 1. The molecule has 0 aromatic carbocycles. The van der Waals surface area contributed by atoms with Gasteiger partial charge in [-0.2, -0.15) is 0 Å². The average Bonchev–Trinajstić information content (AvgIpc) is 2.62. The Balaban J connectivity index is 0.00000729. The molecule has 168 valence electrons. The number of β-amino-alcohol motifs (C(OH)–C–C–N with tert-alkyl or cyclic N) is 1. The maximum Gasteiger partial charge on any atom is 0.191 e. The van der Waals surface area contributed by atoms with Gasteiger partial charge >= 0.3 is 0 Å². The SMILES string of the molecule is CCNC(=NCC(C)(O)CN1CCOCC1)NCC(CCN(C)C)OCC.I. The number of halogens is 1. The first kappa shape index (κ1) is 27.8. The van der Waals surface area contributed by atoms with Crippen molar-refractivity contribution in [3.63, 3.8) is 0 Å². The lowest BCUT2D eigenvalue weighted by Gasteiger charge is -2.33. The largest absolute Gasteiger partial charge is 0.387 e. The average molecular weight is 515 g/mol. The zero-order chi connectivity index (χ0) is 20.1. The van der Waals surface area contributed by atoms with Gasteiger partial charge in [0, 0.05) is 45.9 Å². The van der Waals surface area contributed by atoms with E-state index < -0.39 is 5.60 Å². The Bertz CT molecular complexity index is 418. The Kier molecular flexibility index (Phi) is 15.5. The minimum Gasteiger partial charge on any atom is -0.387 e. The van der Waals surface area contributed by atoms with Gasteiger partial charge in [0.1, 0.15) is 0 Å². The van der Waals surface area contributed by atoms with Crippen LogP contribution in [0.4, 0.5) is 0 Å². The lowest BCUT2D eigenvalue weighted by molar-refractivity contribution is -0.0180. The molecule has 0 aromatic rings. The maximum absolute atomic E-state index is 10.7. The van der Waals surface area contributed by atoms with Crippen LogP contribution in [0.25, 0.3) is 0 Å². The van der Waals surface area contributed by atoms with E-state index in [0.717, 1.165) is 45.8 Å². The summed E-state index contributed by atoms with van der Waals surface area (Å²) in [5, 5.41) is 17.3. The molecule has 1 saturated heterocycles. The van der Waals surface area contributed by atoms with E-state index in [9.17, 15) is 5.11 Å². The minimum absolute atomic E-state index is 0. The lowest BCUT2D eigenvalue weighted by atomic mass is 10.1. The molecule has 1 fully saturated rings. The molecule has 1 heterocycles. The fourth-order valence-corrected chi connectivity index (χ4v) is 2.97. The Hall–Kier alpha value is -0.200. The third-order valence-electron chi connectivity index (χ3n) is 4.39. The summed E-state index contributed by atoms with van der Waals surface area (Å²) in [5.41, 5.74) is -0.871. The monoisotopic (exact) mass is 515 g/mol. The van der Waals surface area contributed by atoms with Gasteiger partial charge in [0.25, 0.3) is 0 Å². The highest BCUT2D eigenvalue weighted by molar-refractivity contribution is 14.0. The number of hydrogen-bond donors (Lipinski definition) is 3. The van der Waals surface area contributed by atoms with Crippen molar-refractivity contribution in [2.24, 2.45) is 4.99 Å². The summed E-state index contributed by atoms with van der Waals surface area (Å²) in [7, 11) is 4.14. The number of ether oxygens (including phenoxy) is 2. The van der Waals surface area contributed by atoms with E-state index in [0.29, 0.717) is 32.2 Å². The first-order chi connectivity index (χ1) is 12.9. The Morgan fingerprint density at radius 3 is 2.54 bits per heavy atom. The first-order valence-electron chi connectivity index (χ1n) is 10.2. The molecule has 0 amide bonds. The molecule has 0 aliphatic carbocycles. The van der Waals surface area contributed by atoms with Crippen LogP contribution in [0.3, 0.4) is 0 Å². The van der Waals surface area contributed by atoms with Gasteiger partial charge in [-0.15, -0.1) is 24.0 Å². The summed E-state index contributed by atoms with van der Waals surface area (Å²) < 4.78 is 11.2. The van der Waals surface area contributed by atoms with Crippen molar-refractivity contribution >= 4 is 29.9 Å². The second kappa shape index (κ2) is 15.6. The van der Waals surface area contributed by atoms with Crippen molar-refractivity contribution in [1.82, 2.24) is 20.4 Å². The van der Waals surface area contributed by atoms with Crippen LogP contribution in [0.2, 0.25) is 0 Å². The standard InChI is InChI=1S/C19H41N5O3.HI/c1-6-20-18(21-14-17(27-7-2)8-9-23(4)5)22-15-19(3,25)16-24-10-12-26-13-11-24;/h17,25H,6-16H2,1-5H3,(H2,20,21,22);1H. The molecule has 1 rings (SSSR count). The minimum atomic E-state index is -0.871. The molecule has 28 heavy (non-hydrogen) atoms. The topological polar surface area (TPSA) is 81.6 Å². The molecule has 3 N–H and O–H groups in total. The lowest BCUT2D eigenvalue weighted by Crippen LogP contribution is -2.48. The molecule has 0 radical (unpaired) electrons. The summed E-state index contributed by atoms with van der Waals surface area (Å²) in [6, 6.07) is 0. The molecule has 0 saturated carbocycles. The zero-order valence-electron chi connectivity index (χ0n) is 18.4. The highest BCUT2D eigenvalue weighted by Gasteiger charge is 2.25. The van der Waals surface area contributed by atoms with E-state index in [4.69, 9.17) is 9.47 Å². The highest BCUT2D eigenvalue weighted by atomic mass is 127. The van der Waals surface area contributed by atoms with E-state index in [1.54, 1.807) is 0 Å². The van der Waals surface area contributed by atoms with Gasteiger partial charge in [-0.25, -0.2) is 0 Å². The van der Waals surface area contributed by atoms with Gasteiger partial charge < -0.3 is 30.1 Å². The van der Waals surface area contributed by atoms with Crippen molar-refractivity contribution in [2.75, 3.05) is 79.7 Å². The predicted octanol–water partition coefficient (Wildman–Crippen LogP) is 0.600. The zero-order valence-corrected chi connectivity index (χ0v) is 20.7. The van der Waals surface area contributed by atoms with E-state index in [1.165, 1.54) is 0 Å². The van der Waals surface area contributed by atoms with Crippen molar-refractivity contribution < 1.29 is 14.6 Å². The fourth-order valence-electron chi connectivity index (χ4n) is 2.97. The normalized spacial score (nSPS) is 19.0. The molecular formula is C19H42IN5O3. The second-order valence-corrected chi connectivity index (χ2v) is 7.63. The van der Waals surface area contributed by atoms with Gasteiger partial charge in [0.05, 0.1) is 31.5 Å². The maximum atomic E-state index is 10.7. The van der Waals surface area contributed by atoms with Crippen LogP contribution >= 0.6 is 24.0 Å². The summed E-state index contributed by atoms with van der Waals surface area (Å²) in [6.07, 6.45) is 1.09. The van der Waals surface area contributed by atoms with Crippen molar-refractivity contribution in [2.45, 2.75) is 38.9 Å². The van der Waals surface area contributed by atoms with Crippen molar-refractivity contribution in [3.05, 3.63) is 0 Å². The number of rotatable bonds is 12. The number of aliphatic imine (C=N–C) groups is 1. The number of hydrogen-bond acceptors (Lipinski definition) is 6. The third-order valence-corrected chi connectivity index (χ3v) is 4.39. The number of aliphatic hydroxyl groups is 1. The molecule has 0 bridgehead atoms. The van der Waals surface area contributed by atoms with Gasteiger partial charge in [-0.1, -0.05) is 0 Å². The molecule has 8 nitrogen and oxygen atoms in total. The van der Waals surface area contributed by atoms with Crippen LogP contribution in [0, 0.1) is 0 Å². The third kappa shape index (κ3) is 13.1. The molecule has 9 heteroatoms. The molecule has 2 unspecified atom stereocenters. The Morgan fingerprint density at radius 1 is 1.29 bits per heavy atom. The number of nitrogens with zero attached hydrogens (tertiary/aromatic N) is 3. The van der Waals surface area contributed by atoms with Gasteiger partial charge in [-0.05, 0) is 41.3 Å². The molecule has 0 aromatic heterocycles. The second-order valence-electron chi connectivity index (χ2n) is 7.63. The Labute approximate surface area is 188 Å². The summed E-state index contributed by atoms with van der Waals surface area (Å²) in [6.45, 7) is 13.2. The molecule has 2 atom stereocenters. The first-order valence-corrected chi connectivity index (χ1v) is 10.2. The van der Waals surface area contributed by atoms with E-state index in [2.05, 4.69) is 39.5 Å².